The van der Waals surface area contributed by atoms with Gasteiger partial charge in [-0.05, 0) is 43.2 Å². The smallest absolute Gasteiger partial charge is 0.264 e. The van der Waals surface area contributed by atoms with Crippen LogP contribution in [0.1, 0.15) is 27.9 Å². The molecule has 176 valence electrons. The first-order valence-electron chi connectivity index (χ1n) is 11.1. The number of ether oxygens (including phenoxy) is 1. The molecule has 10 heteroatoms. The van der Waals surface area contributed by atoms with Crippen molar-refractivity contribution >= 4 is 21.9 Å². The normalized spacial score (nSPS) is 21.4. The van der Waals surface area contributed by atoms with Crippen LogP contribution < -0.4 is 20.1 Å². The molecule has 1 fully saturated rings. The molecule has 2 unspecified atom stereocenters. The highest BCUT2D eigenvalue weighted by molar-refractivity contribution is 7.92. The Bertz CT molecular complexity index is 1360. The lowest BCUT2D eigenvalue weighted by atomic mass is 10.00. The second-order valence-corrected chi connectivity index (χ2v) is 10.3. The molecular formula is C24H25N5O4S. The molecule has 9 nitrogen and oxygen atoms in total. The summed E-state index contributed by atoms with van der Waals surface area (Å²) in [5.41, 5.74) is 3.72. The molecule has 6 bridgehead atoms. The van der Waals surface area contributed by atoms with Gasteiger partial charge in [-0.15, -0.1) is 0 Å². The van der Waals surface area contributed by atoms with Gasteiger partial charge in [0.05, 0.1) is 10.6 Å². The zero-order chi connectivity index (χ0) is 23.9. The van der Waals surface area contributed by atoms with Crippen molar-refractivity contribution in [3.8, 4) is 17.1 Å². The van der Waals surface area contributed by atoms with Crippen molar-refractivity contribution in [1.29, 1.82) is 0 Å². The van der Waals surface area contributed by atoms with Gasteiger partial charge in [-0.2, -0.15) is 4.98 Å². The number of carbonyl (C=O) groups excluding carboxylic acids is 1. The van der Waals surface area contributed by atoms with Gasteiger partial charge in [0.25, 0.3) is 15.9 Å². The molecule has 0 radical (unpaired) electrons. The van der Waals surface area contributed by atoms with E-state index >= 15 is 0 Å². The van der Waals surface area contributed by atoms with Crippen LogP contribution in [0.25, 0.3) is 11.3 Å². The summed E-state index contributed by atoms with van der Waals surface area (Å²) in [5.74, 6) is -0.175. The van der Waals surface area contributed by atoms with Gasteiger partial charge in [-0.1, -0.05) is 24.3 Å². The summed E-state index contributed by atoms with van der Waals surface area (Å²) in [7, 11) is -4.05. The van der Waals surface area contributed by atoms with E-state index in [1.807, 2.05) is 32.0 Å². The third-order valence-corrected chi connectivity index (χ3v) is 7.33. The van der Waals surface area contributed by atoms with Crippen molar-refractivity contribution in [1.82, 2.24) is 20.6 Å². The van der Waals surface area contributed by atoms with E-state index in [9.17, 15) is 13.2 Å². The third-order valence-electron chi connectivity index (χ3n) is 6.00. The van der Waals surface area contributed by atoms with Gasteiger partial charge in [0.2, 0.25) is 11.8 Å². The molecule has 0 aliphatic carbocycles. The first-order chi connectivity index (χ1) is 16.3. The highest BCUT2D eigenvalue weighted by Gasteiger charge is 2.27. The summed E-state index contributed by atoms with van der Waals surface area (Å²) >= 11 is 0. The monoisotopic (exact) mass is 479 g/mol. The summed E-state index contributed by atoms with van der Waals surface area (Å²) in [6.07, 6.45) is 0.320. The molecule has 1 amide bonds. The minimum Gasteiger partial charge on any atom is -0.473 e. The SMILES string of the molecule is Cc1cccc(C)c1-c1cc2nc(n1)NS(=O)(=O)c1cccc(c1)C(=O)NC1CNCC(C1)O2. The predicted octanol–water partition coefficient (Wildman–Crippen LogP) is 2.41. The average molecular weight is 480 g/mol. The van der Waals surface area contributed by atoms with Crippen LogP contribution in [0.2, 0.25) is 0 Å². The van der Waals surface area contributed by atoms with Gasteiger partial charge >= 0.3 is 0 Å². The zero-order valence-electron chi connectivity index (χ0n) is 18.8. The molecule has 0 spiro atoms. The molecule has 3 aromatic rings. The minimum absolute atomic E-state index is 0.0552. The van der Waals surface area contributed by atoms with E-state index in [-0.39, 0.29) is 40.3 Å². The van der Waals surface area contributed by atoms with Crippen molar-refractivity contribution in [3.05, 3.63) is 65.2 Å². The zero-order valence-corrected chi connectivity index (χ0v) is 19.6. The Hall–Kier alpha value is -3.50. The molecule has 2 aliphatic heterocycles. The topological polar surface area (TPSA) is 122 Å². The molecule has 2 atom stereocenters. The Morgan fingerprint density at radius 3 is 2.56 bits per heavy atom. The maximum atomic E-state index is 13.2. The molecule has 1 saturated heterocycles. The van der Waals surface area contributed by atoms with Crippen molar-refractivity contribution in [2.24, 2.45) is 0 Å². The standard InChI is InChI=1S/C24H25N5O4S/c1-14-5-3-6-15(2)22(14)20-11-21-28-24(27-20)29-34(31,32)19-8-4-7-16(9-19)23(30)26-17-10-18(33-21)13-25-12-17/h3-9,11,17-18,25H,10,12-13H2,1-2H3,(H,26,30)(H,27,28,29). The lowest BCUT2D eigenvalue weighted by Gasteiger charge is -2.31. The number of aromatic nitrogens is 2. The number of amides is 1. The average Bonchev–Trinajstić information content (AvgIpc) is 2.78. The summed E-state index contributed by atoms with van der Waals surface area (Å²) in [6.45, 7) is 5.12. The molecule has 0 saturated carbocycles. The number of hydrogen-bond acceptors (Lipinski definition) is 7. The van der Waals surface area contributed by atoms with Gasteiger partial charge in [-0.3, -0.25) is 4.79 Å². The lowest BCUT2D eigenvalue weighted by Crippen LogP contribution is -2.52. The number of nitrogens with zero attached hydrogens (tertiary/aromatic N) is 2. The van der Waals surface area contributed by atoms with E-state index < -0.39 is 10.0 Å². The van der Waals surface area contributed by atoms with Gasteiger partial charge in [-0.25, -0.2) is 18.1 Å². The number of fused-ring (bicyclic) bond motifs is 6. The Morgan fingerprint density at radius 2 is 1.76 bits per heavy atom. The molecule has 3 N–H and O–H groups in total. The molecular weight excluding hydrogens is 454 g/mol. The first kappa shape index (κ1) is 22.3. The van der Waals surface area contributed by atoms with Crippen LogP contribution in [0.5, 0.6) is 5.88 Å². The molecule has 3 heterocycles. The van der Waals surface area contributed by atoms with Crippen LogP contribution in [0.3, 0.4) is 0 Å². The Morgan fingerprint density at radius 1 is 1.00 bits per heavy atom. The van der Waals surface area contributed by atoms with E-state index in [4.69, 9.17) is 4.74 Å². The summed E-state index contributed by atoms with van der Waals surface area (Å²) in [6, 6.07) is 13.4. The fraction of sp³-hybridized carbons (Fsp3) is 0.292. The fourth-order valence-electron chi connectivity index (χ4n) is 4.40. The van der Waals surface area contributed by atoms with E-state index in [0.29, 0.717) is 25.2 Å². The van der Waals surface area contributed by atoms with Crippen molar-refractivity contribution in [2.45, 2.75) is 37.3 Å². The van der Waals surface area contributed by atoms with E-state index in [1.54, 1.807) is 18.2 Å². The number of nitrogens with one attached hydrogen (secondary N) is 3. The van der Waals surface area contributed by atoms with E-state index in [2.05, 4.69) is 25.3 Å². The van der Waals surface area contributed by atoms with Crippen molar-refractivity contribution < 1.29 is 17.9 Å². The number of aryl methyl sites for hydroxylation is 2. The summed E-state index contributed by atoms with van der Waals surface area (Å²) < 4.78 is 34.9. The largest absolute Gasteiger partial charge is 0.473 e. The quantitative estimate of drug-likeness (QED) is 0.490. The van der Waals surface area contributed by atoms with Gasteiger partial charge in [0, 0.05) is 42.7 Å². The number of anilines is 1. The highest BCUT2D eigenvalue weighted by Crippen LogP contribution is 2.30. The van der Waals surface area contributed by atoms with Gasteiger partial charge < -0.3 is 15.4 Å². The lowest BCUT2D eigenvalue weighted by molar-refractivity contribution is 0.0894. The maximum Gasteiger partial charge on any atom is 0.264 e. The van der Waals surface area contributed by atoms with Crippen LogP contribution in [-0.2, 0) is 10.0 Å². The van der Waals surface area contributed by atoms with E-state index in [0.717, 1.165) is 16.7 Å². The fourth-order valence-corrected chi connectivity index (χ4v) is 5.39. The van der Waals surface area contributed by atoms with Crippen molar-refractivity contribution in [3.63, 3.8) is 0 Å². The number of benzene rings is 2. The number of piperidine rings is 1. The summed E-state index contributed by atoms with van der Waals surface area (Å²) in [4.78, 5) is 21.6. The van der Waals surface area contributed by atoms with Crippen molar-refractivity contribution in [2.75, 3.05) is 17.8 Å². The van der Waals surface area contributed by atoms with Gasteiger partial charge in [0.15, 0.2) is 0 Å². The number of sulfonamides is 1. The van der Waals surface area contributed by atoms with Crippen LogP contribution in [0.4, 0.5) is 5.95 Å². The third kappa shape index (κ3) is 4.46. The van der Waals surface area contributed by atoms with Gasteiger partial charge in [0.1, 0.15) is 6.10 Å². The predicted molar refractivity (Wildman–Crippen MR) is 127 cm³/mol. The number of rotatable bonds is 1. The Kier molecular flexibility index (Phi) is 5.70. The van der Waals surface area contributed by atoms with Crippen LogP contribution >= 0.6 is 0 Å². The Labute approximate surface area is 198 Å². The van der Waals surface area contributed by atoms with E-state index in [1.165, 1.54) is 12.1 Å². The van der Waals surface area contributed by atoms with Crippen LogP contribution in [-0.4, -0.2) is 49.5 Å². The first-order valence-corrected chi connectivity index (χ1v) is 12.5. The highest BCUT2D eigenvalue weighted by atomic mass is 32.2. The maximum absolute atomic E-state index is 13.2. The summed E-state index contributed by atoms with van der Waals surface area (Å²) in [5, 5.41) is 6.25. The van der Waals surface area contributed by atoms with Crippen LogP contribution in [0, 0.1) is 13.8 Å². The molecule has 34 heavy (non-hydrogen) atoms. The molecule has 2 aromatic carbocycles. The minimum atomic E-state index is -4.05. The number of hydrogen-bond donors (Lipinski definition) is 3. The number of carbonyl (C=O) groups is 1. The molecule has 5 rings (SSSR count). The molecule has 2 aliphatic rings. The molecule has 1 aromatic heterocycles. The second-order valence-electron chi connectivity index (χ2n) is 8.62. The second kappa shape index (κ2) is 8.69. The van der Waals surface area contributed by atoms with Crippen LogP contribution in [0.15, 0.2) is 53.4 Å². The Balaban J connectivity index is 1.65.